The topological polar surface area (TPSA) is 26.3 Å². The van der Waals surface area contributed by atoms with Crippen molar-refractivity contribution in [3.8, 4) is 0 Å². The zero-order valence-electron chi connectivity index (χ0n) is 14.5. The van der Waals surface area contributed by atoms with Crippen LogP contribution < -0.4 is 5.30 Å². The van der Waals surface area contributed by atoms with E-state index < -0.39 is 8.15 Å². The molecule has 3 aromatic rings. The van der Waals surface area contributed by atoms with Crippen molar-refractivity contribution in [3.63, 3.8) is 0 Å². The van der Waals surface area contributed by atoms with E-state index in [9.17, 15) is 4.79 Å². The minimum Gasteiger partial charge on any atom is -0.350 e. The zero-order valence-corrected chi connectivity index (χ0v) is 15.4. The molecule has 2 nitrogen and oxygen atoms in total. The standard InChI is InChI=1S/C21H21O2P/c1-14-10-11-18-19(12-14)15(2)13-16(3)20(18)24(23-4)21(22)17-8-6-5-7-9-17/h5-13H,1-4H3. The third kappa shape index (κ3) is 3.00. The van der Waals surface area contributed by atoms with Gasteiger partial charge in [0, 0.05) is 18.0 Å². The quantitative estimate of drug-likeness (QED) is 0.606. The molecule has 0 radical (unpaired) electrons. The van der Waals surface area contributed by atoms with Gasteiger partial charge in [0.1, 0.15) is 8.15 Å². The summed E-state index contributed by atoms with van der Waals surface area (Å²) < 4.78 is 5.73. The van der Waals surface area contributed by atoms with Gasteiger partial charge in [-0.2, -0.15) is 0 Å². The first-order valence-corrected chi connectivity index (χ1v) is 9.23. The molecule has 0 aliphatic carbocycles. The predicted molar refractivity (Wildman–Crippen MR) is 102 cm³/mol. The molecule has 1 unspecified atom stereocenters. The molecule has 0 spiro atoms. The molecule has 0 aromatic heterocycles. The van der Waals surface area contributed by atoms with Gasteiger partial charge in [0.25, 0.3) is 0 Å². The van der Waals surface area contributed by atoms with Crippen molar-refractivity contribution >= 4 is 29.7 Å². The number of benzene rings is 3. The number of aryl methyl sites for hydroxylation is 3. The van der Waals surface area contributed by atoms with Crippen LogP contribution in [0.25, 0.3) is 10.8 Å². The highest BCUT2D eigenvalue weighted by Gasteiger charge is 2.26. The van der Waals surface area contributed by atoms with Crippen molar-refractivity contribution in [2.45, 2.75) is 20.8 Å². The maximum Gasteiger partial charge on any atom is 0.216 e. The van der Waals surface area contributed by atoms with Crippen LogP contribution in [0.5, 0.6) is 0 Å². The molecule has 0 bridgehead atoms. The summed E-state index contributed by atoms with van der Waals surface area (Å²) in [5.74, 6) is 0. The summed E-state index contributed by atoms with van der Waals surface area (Å²) in [6, 6.07) is 18.0. The van der Waals surface area contributed by atoms with Crippen LogP contribution in [0.15, 0.2) is 54.6 Å². The Labute approximate surface area is 144 Å². The number of carbonyl (C=O) groups is 1. The fraction of sp³-hybridized carbons (Fsp3) is 0.190. The number of fused-ring (bicyclic) bond motifs is 1. The summed E-state index contributed by atoms with van der Waals surface area (Å²) in [6.45, 7) is 6.27. The van der Waals surface area contributed by atoms with Crippen molar-refractivity contribution in [2.75, 3.05) is 7.11 Å². The minimum absolute atomic E-state index is 0.0573. The number of hydrogen-bond acceptors (Lipinski definition) is 2. The highest BCUT2D eigenvalue weighted by atomic mass is 31.1. The van der Waals surface area contributed by atoms with Gasteiger partial charge in [0.2, 0.25) is 5.52 Å². The molecule has 0 saturated carbocycles. The third-order valence-electron chi connectivity index (χ3n) is 4.25. The molecule has 0 N–H and O–H groups in total. The Hall–Kier alpha value is -2.02. The number of hydrogen-bond donors (Lipinski definition) is 0. The SMILES string of the molecule is COP(C(=O)c1ccccc1)c1c(C)cc(C)c2cc(C)ccc12. The fourth-order valence-corrected chi connectivity index (χ4v) is 4.85. The maximum atomic E-state index is 13.0. The van der Waals surface area contributed by atoms with E-state index in [0.29, 0.717) is 5.56 Å². The molecule has 3 heteroatoms. The first-order valence-electron chi connectivity index (χ1n) is 7.97. The van der Waals surface area contributed by atoms with Gasteiger partial charge in [0.05, 0.1) is 0 Å². The van der Waals surface area contributed by atoms with E-state index >= 15 is 0 Å². The van der Waals surface area contributed by atoms with Crippen molar-refractivity contribution in [3.05, 3.63) is 76.9 Å². The zero-order chi connectivity index (χ0) is 17.3. The van der Waals surface area contributed by atoms with Crippen molar-refractivity contribution < 1.29 is 9.32 Å². The third-order valence-corrected chi connectivity index (χ3v) is 6.24. The second-order valence-electron chi connectivity index (χ2n) is 6.06. The molecule has 122 valence electrons. The van der Waals surface area contributed by atoms with Crippen LogP contribution in [0.3, 0.4) is 0 Å². The Balaban J connectivity index is 2.21. The van der Waals surface area contributed by atoms with E-state index in [-0.39, 0.29) is 5.52 Å². The first-order chi connectivity index (χ1) is 11.5. The van der Waals surface area contributed by atoms with Gasteiger partial charge >= 0.3 is 0 Å². The molecule has 3 rings (SSSR count). The van der Waals surface area contributed by atoms with Crippen LogP contribution >= 0.6 is 8.15 Å². The molecular weight excluding hydrogens is 315 g/mol. The highest BCUT2D eigenvalue weighted by molar-refractivity contribution is 7.78. The molecule has 0 heterocycles. The number of carbonyl (C=O) groups excluding carboxylic acids is 1. The molecular formula is C21H21O2P. The lowest BCUT2D eigenvalue weighted by molar-refractivity contribution is 0.107. The molecule has 24 heavy (non-hydrogen) atoms. The van der Waals surface area contributed by atoms with Gasteiger partial charge in [-0.15, -0.1) is 0 Å². The average Bonchev–Trinajstić information content (AvgIpc) is 2.59. The minimum atomic E-state index is -1.37. The van der Waals surface area contributed by atoms with E-state index in [1.54, 1.807) is 7.11 Å². The fourth-order valence-electron chi connectivity index (χ4n) is 3.12. The Bertz CT molecular complexity index is 901. The number of rotatable bonds is 4. The van der Waals surface area contributed by atoms with Crippen molar-refractivity contribution in [1.82, 2.24) is 0 Å². The largest absolute Gasteiger partial charge is 0.350 e. The molecule has 0 saturated heterocycles. The molecule has 0 aliphatic rings. The Morgan fingerprint density at radius 2 is 1.58 bits per heavy atom. The van der Waals surface area contributed by atoms with E-state index in [1.165, 1.54) is 16.5 Å². The molecule has 1 atom stereocenters. The van der Waals surface area contributed by atoms with E-state index in [4.69, 9.17) is 4.52 Å². The van der Waals surface area contributed by atoms with Gasteiger partial charge in [-0.1, -0.05) is 60.2 Å². The van der Waals surface area contributed by atoms with Crippen molar-refractivity contribution in [1.29, 1.82) is 0 Å². The Morgan fingerprint density at radius 3 is 2.25 bits per heavy atom. The van der Waals surface area contributed by atoms with E-state index in [0.717, 1.165) is 16.3 Å². The van der Waals surface area contributed by atoms with Crippen LogP contribution in [0.4, 0.5) is 0 Å². The second kappa shape index (κ2) is 6.84. The second-order valence-corrected chi connectivity index (χ2v) is 7.86. The first kappa shape index (κ1) is 16.8. The summed E-state index contributed by atoms with van der Waals surface area (Å²) in [7, 11) is 0.258. The van der Waals surface area contributed by atoms with Crippen LogP contribution in [-0.4, -0.2) is 12.6 Å². The van der Waals surface area contributed by atoms with Crippen LogP contribution in [0.2, 0.25) is 0 Å². The van der Waals surface area contributed by atoms with Gasteiger partial charge < -0.3 is 4.52 Å². The molecule has 0 amide bonds. The smallest absolute Gasteiger partial charge is 0.216 e. The lowest BCUT2D eigenvalue weighted by atomic mass is 10.0. The molecule has 0 fully saturated rings. The summed E-state index contributed by atoms with van der Waals surface area (Å²) in [5.41, 5.74) is 4.32. The highest BCUT2D eigenvalue weighted by Crippen LogP contribution is 2.42. The Kier molecular flexibility index (Phi) is 4.80. The van der Waals surface area contributed by atoms with Crippen LogP contribution in [-0.2, 0) is 4.52 Å². The van der Waals surface area contributed by atoms with Crippen LogP contribution in [0, 0.1) is 20.8 Å². The maximum absolute atomic E-state index is 13.0. The monoisotopic (exact) mass is 336 g/mol. The van der Waals surface area contributed by atoms with Crippen molar-refractivity contribution in [2.24, 2.45) is 0 Å². The lowest BCUT2D eigenvalue weighted by Crippen LogP contribution is -2.15. The van der Waals surface area contributed by atoms with E-state index in [2.05, 4.69) is 45.0 Å². The normalized spacial score (nSPS) is 12.3. The predicted octanol–water partition coefficient (Wildman–Crippen LogP) is 5.27. The molecule has 3 aromatic carbocycles. The van der Waals surface area contributed by atoms with Crippen LogP contribution in [0.1, 0.15) is 27.0 Å². The van der Waals surface area contributed by atoms with Gasteiger partial charge in [0.15, 0.2) is 0 Å². The lowest BCUT2D eigenvalue weighted by Gasteiger charge is -2.20. The summed E-state index contributed by atoms with van der Waals surface area (Å²) in [6.07, 6.45) is 0. The van der Waals surface area contributed by atoms with E-state index in [1.807, 2.05) is 30.3 Å². The average molecular weight is 336 g/mol. The van der Waals surface area contributed by atoms with Gasteiger partial charge in [-0.05, 0) is 42.7 Å². The molecule has 0 aliphatic heterocycles. The Morgan fingerprint density at radius 1 is 0.875 bits per heavy atom. The summed E-state index contributed by atoms with van der Waals surface area (Å²) in [4.78, 5) is 13.0. The summed E-state index contributed by atoms with van der Waals surface area (Å²) in [5, 5.41) is 3.35. The van der Waals surface area contributed by atoms with Gasteiger partial charge in [-0.25, -0.2) is 0 Å². The summed E-state index contributed by atoms with van der Waals surface area (Å²) >= 11 is 0. The van der Waals surface area contributed by atoms with Gasteiger partial charge in [-0.3, -0.25) is 4.79 Å².